The van der Waals surface area contributed by atoms with Gasteiger partial charge in [0, 0.05) is 11.6 Å². The molecular weight excluding hydrogens is 436 g/mol. The highest BCUT2D eigenvalue weighted by molar-refractivity contribution is 5.77. The van der Waals surface area contributed by atoms with Gasteiger partial charge < -0.3 is 14.9 Å². The number of benzene rings is 1. The zero-order valence-corrected chi connectivity index (χ0v) is 16.8. The van der Waals surface area contributed by atoms with Gasteiger partial charge in [-0.05, 0) is 12.1 Å². The molecule has 12 heteroatoms. The summed E-state index contributed by atoms with van der Waals surface area (Å²) in [4.78, 5) is 19.3. The van der Waals surface area contributed by atoms with E-state index in [4.69, 9.17) is 9.78 Å². The van der Waals surface area contributed by atoms with Crippen LogP contribution in [-0.4, -0.2) is 42.0 Å². The predicted octanol–water partition coefficient (Wildman–Crippen LogP) is 3.10. The number of carbonyl (C=O) groups is 1. The molecule has 1 unspecified atom stereocenters. The van der Waals surface area contributed by atoms with E-state index in [0.717, 1.165) is 6.20 Å². The highest BCUT2D eigenvalue weighted by Gasteiger charge is 2.22. The minimum absolute atomic E-state index is 0.0166. The summed E-state index contributed by atoms with van der Waals surface area (Å²) in [5, 5.41) is 28.7. The second kappa shape index (κ2) is 9.23. The Morgan fingerprint density at radius 2 is 2.06 bits per heavy atom. The Kier molecular flexibility index (Phi) is 6.03. The fraction of sp³-hybridized carbons (Fsp3) is 0.143. The number of halogens is 2. The lowest BCUT2D eigenvalue weighted by Crippen LogP contribution is -2.29. The molecule has 0 fully saturated rings. The molecule has 3 aromatic heterocycles. The lowest BCUT2D eigenvalue weighted by Gasteiger charge is -2.12. The molecule has 33 heavy (non-hydrogen) atoms. The van der Waals surface area contributed by atoms with Crippen molar-refractivity contribution >= 4 is 11.8 Å². The van der Waals surface area contributed by atoms with Gasteiger partial charge >= 0.3 is 5.97 Å². The Morgan fingerprint density at radius 1 is 1.24 bits per heavy atom. The van der Waals surface area contributed by atoms with Crippen LogP contribution in [0.2, 0.25) is 0 Å². The third kappa shape index (κ3) is 4.67. The van der Waals surface area contributed by atoms with Crippen LogP contribution >= 0.6 is 0 Å². The largest absolute Gasteiger partial charge is 0.480 e. The first-order valence-corrected chi connectivity index (χ1v) is 9.57. The number of hydrogen-bond acceptors (Lipinski definition) is 8. The molecule has 0 aliphatic rings. The molecule has 0 saturated carbocycles. The van der Waals surface area contributed by atoms with Gasteiger partial charge in [0.05, 0.1) is 30.9 Å². The van der Waals surface area contributed by atoms with Crippen LogP contribution in [0.5, 0.6) is 0 Å². The van der Waals surface area contributed by atoms with E-state index in [1.165, 1.54) is 17.0 Å². The molecule has 0 aliphatic carbocycles. The molecule has 4 rings (SSSR count). The van der Waals surface area contributed by atoms with Crippen LogP contribution in [0.15, 0.2) is 53.4 Å². The topological polar surface area (TPSA) is 143 Å². The Hall–Kier alpha value is -4.66. The van der Waals surface area contributed by atoms with E-state index < -0.39 is 35.9 Å². The number of nitrogens with zero attached hydrogens (tertiary/aromatic N) is 6. The van der Waals surface area contributed by atoms with E-state index in [9.17, 15) is 18.7 Å². The average Bonchev–Trinajstić information content (AvgIpc) is 3.46. The van der Waals surface area contributed by atoms with Crippen LogP contribution in [0.4, 0.5) is 14.6 Å². The fourth-order valence-corrected chi connectivity index (χ4v) is 3.03. The second-order valence-electron chi connectivity index (χ2n) is 6.84. The average molecular weight is 451 g/mol. The maximum Gasteiger partial charge on any atom is 0.327 e. The zero-order valence-electron chi connectivity index (χ0n) is 16.8. The molecular formula is C21H15F2N7O3. The summed E-state index contributed by atoms with van der Waals surface area (Å²) >= 11 is 0. The molecule has 4 aromatic rings. The van der Waals surface area contributed by atoms with Crippen molar-refractivity contribution in [1.29, 1.82) is 5.26 Å². The molecule has 0 saturated heterocycles. The van der Waals surface area contributed by atoms with Crippen molar-refractivity contribution in [2.75, 3.05) is 5.32 Å². The lowest BCUT2D eigenvalue weighted by atomic mass is 10.2. The maximum atomic E-state index is 14.2. The maximum absolute atomic E-state index is 14.2. The normalized spacial score (nSPS) is 11.7. The van der Waals surface area contributed by atoms with Crippen LogP contribution in [-0.2, 0) is 11.3 Å². The second-order valence-corrected chi connectivity index (χ2v) is 6.84. The van der Waals surface area contributed by atoms with Crippen molar-refractivity contribution in [2.24, 2.45) is 0 Å². The zero-order chi connectivity index (χ0) is 23.4. The van der Waals surface area contributed by atoms with Gasteiger partial charge in [-0.15, -0.1) is 0 Å². The van der Waals surface area contributed by atoms with Gasteiger partial charge in [0.15, 0.2) is 17.5 Å². The summed E-state index contributed by atoms with van der Waals surface area (Å²) in [5.74, 6) is -3.06. The van der Waals surface area contributed by atoms with Crippen LogP contribution in [0.25, 0.3) is 22.9 Å². The molecule has 0 amide bonds. The van der Waals surface area contributed by atoms with Crippen LogP contribution in [0.1, 0.15) is 12.0 Å². The summed E-state index contributed by atoms with van der Waals surface area (Å²) in [5.41, 5.74) is 1.47. The minimum Gasteiger partial charge on any atom is -0.480 e. The van der Waals surface area contributed by atoms with Crippen LogP contribution < -0.4 is 5.32 Å². The van der Waals surface area contributed by atoms with E-state index >= 15 is 0 Å². The van der Waals surface area contributed by atoms with Crippen LogP contribution in [0.3, 0.4) is 0 Å². The van der Waals surface area contributed by atoms with Crippen molar-refractivity contribution in [2.45, 2.75) is 19.0 Å². The Morgan fingerprint density at radius 3 is 2.76 bits per heavy atom. The van der Waals surface area contributed by atoms with E-state index in [-0.39, 0.29) is 18.1 Å². The highest BCUT2D eigenvalue weighted by atomic mass is 19.1. The molecule has 10 nitrogen and oxygen atoms in total. The Balaban J connectivity index is 1.73. The molecule has 2 N–H and O–H groups in total. The number of anilines is 1. The number of nitrogens with one attached hydrogen (secondary N) is 1. The van der Waals surface area contributed by atoms with Gasteiger partial charge in [0.1, 0.15) is 29.5 Å². The first-order chi connectivity index (χ1) is 16.0. The number of rotatable bonds is 8. The highest BCUT2D eigenvalue weighted by Crippen LogP contribution is 2.26. The van der Waals surface area contributed by atoms with E-state index in [2.05, 4.69) is 25.5 Å². The van der Waals surface area contributed by atoms with Gasteiger partial charge in [-0.25, -0.2) is 23.5 Å². The SMILES string of the molecule is N#CCC(Nc1nc(-c2cc(-c3ccon3)n(Cc3ccccc3F)n2)ncc1F)C(=O)O. The van der Waals surface area contributed by atoms with Gasteiger partial charge in [0.25, 0.3) is 0 Å². The van der Waals surface area contributed by atoms with Crippen molar-refractivity contribution in [3.8, 4) is 29.0 Å². The predicted molar refractivity (Wildman–Crippen MR) is 109 cm³/mol. The van der Waals surface area contributed by atoms with Gasteiger partial charge in [-0.3, -0.25) is 4.68 Å². The Bertz CT molecular complexity index is 1330. The number of carboxylic acids is 1. The summed E-state index contributed by atoms with van der Waals surface area (Å²) in [6.45, 7) is 0.0599. The van der Waals surface area contributed by atoms with Gasteiger partial charge in [0.2, 0.25) is 0 Å². The monoisotopic (exact) mass is 451 g/mol. The summed E-state index contributed by atoms with van der Waals surface area (Å²) in [7, 11) is 0. The van der Waals surface area contributed by atoms with Crippen molar-refractivity contribution in [3.05, 3.63) is 66.1 Å². The van der Waals surface area contributed by atoms with E-state index in [0.29, 0.717) is 17.0 Å². The molecule has 0 bridgehead atoms. The first-order valence-electron chi connectivity index (χ1n) is 9.57. The lowest BCUT2D eigenvalue weighted by molar-refractivity contribution is -0.137. The fourth-order valence-electron chi connectivity index (χ4n) is 3.03. The van der Waals surface area contributed by atoms with Crippen molar-refractivity contribution in [3.63, 3.8) is 0 Å². The van der Waals surface area contributed by atoms with Gasteiger partial charge in [-0.2, -0.15) is 10.4 Å². The molecule has 3 heterocycles. The number of aromatic nitrogens is 5. The van der Waals surface area contributed by atoms with Gasteiger partial charge in [-0.1, -0.05) is 23.4 Å². The smallest absolute Gasteiger partial charge is 0.327 e. The first kappa shape index (κ1) is 21.6. The minimum atomic E-state index is -1.36. The number of nitriles is 1. The molecule has 0 spiro atoms. The quantitative estimate of drug-likeness (QED) is 0.413. The third-order valence-corrected chi connectivity index (χ3v) is 4.64. The molecule has 1 aromatic carbocycles. The molecule has 1 atom stereocenters. The van der Waals surface area contributed by atoms with Crippen molar-refractivity contribution in [1.82, 2.24) is 24.9 Å². The summed E-state index contributed by atoms with van der Waals surface area (Å²) in [6, 6.07) is 9.73. The summed E-state index contributed by atoms with van der Waals surface area (Å²) < 4.78 is 34.8. The molecule has 166 valence electrons. The van der Waals surface area contributed by atoms with E-state index in [1.807, 2.05) is 0 Å². The number of carboxylic acid groups (broad SMARTS) is 1. The number of aliphatic carboxylic acids is 1. The molecule has 0 aliphatic heterocycles. The third-order valence-electron chi connectivity index (χ3n) is 4.64. The standard InChI is InChI=1S/C21H15F2N7O3/c22-13-4-2-1-3-12(13)11-30-18(15-6-8-33-29-15)9-17(28-30)20-25-10-14(23)19(27-20)26-16(5-7-24)21(31)32/h1-4,6,8-10,16H,5,11H2,(H,31,32)(H,25,26,27). The van der Waals surface area contributed by atoms with Crippen LogP contribution in [0, 0.1) is 23.0 Å². The molecule has 0 radical (unpaired) electrons. The summed E-state index contributed by atoms with van der Waals surface area (Å²) in [6.07, 6.45) is 1.83. The number of hydrogen-bond donors (Lipinski definition) is 2. The van der Waals surface area contributed by atoms with E-state index in [1.54, 1.807) is 36.4 Å². The van der Waals surface area contributed by atoms with Crippen molar-refractivity contribution < 1.29 is 23.2 Å². The Labute approximate surface area is 185 Å².